The number of aromatic carboxylic acids is 1. The Labute approximate surface area is 178 Å². The van der Waals surface area contributed by atoms with E-state index in [0.29, 0.717) is 5.69 Å². The van der Waals surface area contributed by atoms with Crippen LogP contribution in [-0.2, 0) is 9.59 Å². The summed E-state index contributed by atoms with van der Waals surface area (Å²) in [6, 6.07) is 11.0. The third kappa shape index (κ3) is 4.11. The molecule has 1 aliphatic heterocycles. The molecule has 2 amide bonds. The van der Waals surface area contributed by atoms with E-state index in [1.54, 1.807) is 24.3 Å². The number of carboxylic acids is 1. The summed E-state index contributed by atoms with van der Waals surface area (Å²) in [4.78, 5) is 41.5. The number of halogens is 2. The molecule has 0 aromatic heterocycles. The lowest BCUT2D eigenvalue weighted by molar-refractivity contribution is -0.130. The minimum absolute atomic E-state index is 0.0263. The van der Waals surface area contributed by atoms with Gasteiger partial charge in [0.2, 0.25) is 5.91 Å². The van der Waals surface area contributed by atoms with Crippen LogP contribution in [0.15, 0.2) is 51.9 Å². The molecule has 2 N–H and O–H groups in total. The largest absolute Gasteiger partial charge is 0.478 e. The third-order valence-electron chi connectivity index (χ3n) is 3.84. The summed E-state index contributed by atoms with van der Waals surface area (Å²) in [5, 5.41) is 11.6. The number of benzene rings is 2. The number of nitrogens with zero attached hydrogens (tertiary/aromatic N) is 2. The molecule has 1 heterocycles. The number of hydrogen-bond acceptors (Lipinski definition) is 5. The highest BCUT2D eigenvalue weighted by molar-refractivity contribution is 9.10. The number of aliphatic imine (C=N–C) groups is 1. The van der Waals surface area contributed by atoms with Crippen molar-refractivity contribution in [2.45, 2.75) is 0 Å². The van der Waals surface area contributed by atoms with Crippen LogP contribution in [0.2, 0.25) is 5.02 Å². The molecule has 1 saturated heterocycles. The lowest BCUT2D eigenvalue weighted by atomic mass is 10.1. The quantitative estimate of drug-likeness (QED) is 0.396. The second kappa shape index (κ2) is 8.17. The maximum Gasteiger partial charge on any atom is 0.337 e. The van der Waals surface area contributed by atoms with Gasteiger partial charge in [-0.2, -0.15) is 0 Å². The van der Waals surface area contributed by atoms with Gasteiger partial charge < -0.3 is 10.4 Å². The van der Waals surface area contributed by atoms with Crippen molar-refractivity contribution < 1.29 is 19.5 Å². The van der Waals surface area contributed by atoms with Gasteiger partial charge >= 0.3 is 5.97 Å². The Balaban J connectivity index is 1.89. The predicted molar refractivity (Wildman–Crippen MR) is 112 cm³/mol. The van der Waals surface area contributed by atoms with E-state index < -0.39 is 23.7 Å². The molecular weight excluding hydrogens is 470 g/mol. The normalized spacial score (nSPS) is 17.1. The van der Waals surface area contributed by atoms with Gasteiger partial charge in [0, 0.05) is 10.7 Å². The van der Waals surface area contributed by atoms with Gasteiger partial charge in [0.05, 0.1) is 22.0 Å². The molecule has 0 radical (unpaired) electrons. The third-order valence-corrected chi connectivity index (χ3v) is 4.98. The van der Waals surface area contributed by atoms with Gasteiger partial charge in [0.25, 0.3) is 5.91 Å². The first-order valence-electron chi connectivity index (χ1n) is 7.79. The van der Waals surface area contributed by atoms with Crippen molar-refractivity contribution in [2.75, 3.05) is 4.90 Å². The van der Waals surface area contributed by atoms with Gasteiger partial charge in [-0.05, 0) is 54.7 Å². The van der Waals surface area contributed by atoms with E-state index in [9.17, 15) is 14.4 Å². The molecule has 2 aromatic rings. The van der Waals surface area contributed by atoms with Gasteiger partial charge in [0.1, 0.15) is 0 Å². The Bertz CT molecular complexity index is 1030. The van der Waals surface area contributed by atoms with Gasteiger partial charge in [-0.1, -0.05) is 27.5 Å². The number of amides is 2. The number of anilines is 1. The summed E-state index contributed by atoms with van der Waals surface area (Å²) in [6.07, 6.45) is 1.15. The van der Waals surface area contributed by atoms with E-state index in [1.807, 2.05) is 0 Å². The molecular formula is C18H11BrClN3O4S. The average molecular weight is 481 g/mol. The summed E-state index contributed by atoms with van der Waals surface area (Å²) in [5.41, 5.74) is 0.607. The molecule has 0 saturated carbocycles. The molecule has 0 bridgehead atoms. The number of rotatable bonds is 4. The van der Waals surface area contributed by atoms with Crippen LogP contribution in [0.4, 0.5) is 11.4 Å². The van der Waals surface area contributed by atoms with Crippen LogP contribution in [0.25, 0.3) is 0 Å². The number of carbonyl (C=O) groups excluding carboxylic acids is 2. The first-order valence-corrected chi connectivity index (χ1v) is 9.37. The van der Waals surface area contributed by atoms with Gasteiger partial charge in [0.15, 0.2) is 11.0 Å². The zero-order valence-electron chi connectivity index (χ0n) is 13.9. The summed E-state index contributed by atoms with van der Waals surface area (Å²) in [5.74, 6) is -3.61. The molecule has 0 unspecified atom stereocenters. The number of nitrogens with one attached hydrogen (secondary N) is 1. The zero-order valence-corrected chi connectivity index (χ0v) is 17.1. The summed E-state index contributed by atoms with van der Waals surface area (Å²) in [6.45, 7) is 0. The van der Waals surface area contributed by atoms with Crippen LogP contribution in [0.1, 0.15) is 10.4 Å². The lowest BCUT2D eigenvalue weighted by Gasteiger charge is -2.30. The molecule has 0 spiro atoms. The molecule has 2 aromatic carbocycles. The standard InChI is InChI=1S/C18H11BrClN3O4S/c19-9-1-4-11(5-2-9)23-16(25)13(15(24)22-18(23)28)8-21-10-3-6-14(20)12(7-10)17(26)27/h1-8,13H,(H,26,27)(H,22,24,28)/t13-/m0/s1. The van der Waals surface area contributed by atoms with E-state index in [1.165, 1.54) is 23.1 Å². The van der Waals surface area contributed by atoms with E-state index in [-0.39, 0.29) is 21.4 Å². The van der Waals surface area contributed by atoms with Crippen molar-refractivity contribution in [2.24, 2.45) is 10.9 Å². The van der Waals surface area contributed by atoms with Crippen molar-refractivity contribution in [1.29, 1.82) is 0 Å². The maximum absolute atomic E-state index is 12.8. The number of carboxylic acid groups (broad SMARTS) is 1. The fourth-order valence-electron chi connectivity index (χ4n) is 2.47. The van der Waals surface area contributed by atoms with Crippen molar-refractivity contribution >= 4 is 80.2 Å². The van der Waals surface area contributed by atoms with E-state index in [4.69, 9.17) is 28.9 Å². The molecule has 1 fully saturated rings. The first kappa shape index (κ1) is 20.1. The van der Waals surface area contributed by atoms with Crippen LogP contribution < -0.4 is 10.2 Å². The van der Waals surface area contributed by atoms with Crippen molar-refractivity contribution in [3.05, 3.63) is 57.5 Å². The molecule has 28 heavy (non-hydrogen) atoms. The van der Waals surface area contributed by atoms with E-state index >= 15 is 0 Å². The molecule has 7 nitrogen and oxygen atoms in total. The Morgan fingerprint density at radius 3 is 2.57 bits per heavy atom. The number of hydrogen-bond donors (Lipinski definition) is 2. The number of carbonyl (C=O) groups is 3. The summed E-state index contributed by atoms with van der Waals surface area (Å²) >= 11 is 14.3. The van der Waals surface area contributed by atoms with E-state index in [2.05, 4.69) is 26.2 Å². The highest BCUT2D eigenvalue weighted by Crippen LogP contribution is 2.25. The second-order valence-corrected chi connectivity index (χ2v) is 7.38. The van der Waals surface area contributed by atoms with Crippen LogP contribution in [-0.4, -0.2) is 34.2 Å². The molecule has 1 atom stereocenters. The first-order chi connectivity index (χ1) is 13.3. The lowest BCUT2D eigenvalue weighted by Crippen LogP contribution is -2.58. The van der Waals surface area contributed by atoms with E-state index in [0.717, 1.165) is 10.7 Å². The van der Waals surface area contributed by atoms with Gasteiger partial charge in [-0.15, -0.1) is 0 Å². The Kier molecular flexibility index (Phi) is 5.87. The summed E-state index contributed by atoms with van der Waals surface area (Å²) in [7, 11) is 0. The monoisotopic (exact) mass is 479 g/mol. The maximum atomic E-state index is 12.8. The second-order valence-electron chi connectivity index (χ2n) is 5.67. The number of thiocarbonyl (C=S) groups is 1. The highest BCUT2D eigenvalue weighted by atomic mass is 79.9. The highest BCUT2D eigenvalue weighted by Gasteiger charge is 2.38. The van der Waals surface area contributed by atoms with Crippen LogP contribution >= 0.6 is 39.7 Å². The van der Waals surface area contributed by atoms with Crippen LogP contribution in [0.5, 0.6) is 0 Å². The molecule has 0 aliphatic carbocycles. The molecule has 142 valence electrons. The smallest absolute Gasteiger partial charge is 0.337 e. The zero-order chi connectivity index (χ0) is 20.4. The SMILES string of the molecule is O=C(O)c1cc(N=C[C@H]2C(=O)NC(=S)N(c3ccc(Br)cc3)C2=O)ccc1Cl. The summed E-state index contributed by atoms with van der Waals surface area (Å²) < 4.78 is 0.825. The fourth-order valence-corrected chi connectivity index (χ4v) is 3.23. The topological polar surface area (TPSA) is 99.1 Å². The van der Waals surface area contributed by atoms with Crippen LogP contribution in [0, 0.1) is 5.92 Å². The minimum Gasteiger partial charge on any atom is -0.478 e. The van der Waals surface area contributed by atoms with Crippen molar-refractivity contribution in [3.63, 3.8) is 0 Å². The van der Waals surface area contributed by atoms with Crippen molar-refractivity contribution in [1.82, 2.24) is 5.32 Å². The molecule has 10 heteroatoms. The van der Waals surface area contributed by atoms with Crippen molar-refractivity contribution in [3.8, 4) is 0 Å². The Morgan fingerprint density at radius 2 is 1.93 bits per heavy atom. The van der Waals surface area contributed by atoms with Gasteiger partial charge in [-0.3, -0.25) is 19.5 Å². The Morgan fingerprint density at radius 1 is 1.25 bits per heavy atom. The minimum atomic E-state index is -1.22. The molecule has 3 rings (SSSR count). The fraction of sp³-hybridized carbons (Fsp3) is 0.0556. The molecule has 1 aliphatic rings. The van der Waals surface area contributed by atoms with Crippen LogP contribution in [0.3, 0.4) is 0 Å². The van der Waals surface area contributed by atoms with Gasteiger partial charge in [-0.25, -0.2) is 4.79 Å². The average Bonchev–Trinajstić information content (AvgIpc) is 2.63. The predicted octanol–water partition coefficient (Wildman–Crippen LogP) is 3.57. The Hall–Kier alpha value is -2.62.